The van der Waals surface area contributed by atoms with Crippen LogP contribution >= 0.6 is 11.6 Å². The molecule has 1 atom stereocenters. The van der Waals surface area contributed by atoms with Crippen molar-refractivity contribution in [1.82, 2.24) is 4.90 Å². The molecule has 0 unspecified atom stereocenters. The normalized spacial score (nSPS) is 19.8. The maximum absolute atomic E-state index is 12.6. The van der Waals surface area contributed by atoms with Crippen LogP contribution in [0.5, 0.6) is 11.5 Å². The van der Waals surface area contributed by atoms with Gasteiger partial charge in [0, 0.05) is 31.2 Å². The molecule has 2 heterocycles. The molecule has 1 fully saturated rings. The molecule has 114 valence electrons. The minimum Gasteiger partial charge on any atom is -0.454 e. The van der Waals surface area contributed by atoms with Gasteiger partial charge >= 0.3 is 0 Å². The monoisotopic (exact) mass is 311 g/mol. The molecule has 0 N–H and O–H groups in total. The molecule has 1 aromatic carbocycles. The number of carbonyl (C=O) groups excluding carboxylic acids is 1. The van der Waals surface area contributed by atoms with E-state index >= 15 is 0 Å². The molecular formula is C15H18ClNO4. The maximum Gasteiger partial charge on any atom is 0.254 e. The first-order chi connectivity index (χ1) is 10.2. The van der Waals surface area contributed by atoms with Crippen molar-refractivity contribution in [2.75, 3.05) is 33.1 Å². The Labute approximate surface area is 128 Å². The zero-order chi connectivity index (χ0) is 14.8. The van der Waals surface area contributed by atoms with E-state index in [-0.39, 0.29) is 12.7 Å². The maximum atomic E-state index is 12.6. The van der Waals surface area contributed by atoms with Crippen LogP contribution in [0.4, 0.5) is 0 Å². The highest BCUT2D eigenvalue weighted by Crippen LogP contribution is 2.40. The van der Waals surface area contributed by atoms with Crippen molar-refractivity contribution in [2.45, 2.75) is 13.3 Å². The highest BCUT2D eigenvalue weighted by atomic mass is 35.5. The lowest BCUT2D eigenvalue weighted by Gasteiger charge is -2.24. The van der Waals surface area contributed by atoms with Gasteiger partial charge in [0.15, 0.2) is 11.5 Å². The average molecular weight is 312 g/mol. The topological polar surface area (TPSA) is 48.0 Å². The van der Waals surface area contributed by atoms with Gasteiger partial charge in [-0.3, -0.25) is 4.79 Å². The molecule has 0 spiro atoms. The van der Waals surface area contributed by atoms with Crippen molar-refractivity contribution in [2.24, 2.45) is 5.92 Å². The number of carbonyl (C=O) groups is 1. The second kappa shape index (κ2) is 6.12. The molecule has 5 nitrogen and oxygen atoms in total. The third-order valence-corrected chi connectivity index (χ3v) is 4.13. The summed E-state index contributed by atoms with van der Waals surface area (Å²) in [5, 5.41) is 0.411. The standard InChI is InChI=1S/C15H18ClNO4/c1-2-17(7-10-3-4-19-8-10)15(18)11-5-12(16)14-13(6-11)20-9-21-14/h5-6,10H,2-4,7-9H2,1H3/t10-/m1/s1. The average Bonchev–Trinajstić information content (AvgIpc) is 3.15. The van der Waals surface area contributed by atoms with Gasteiger partial charge in [0.25, 0.3) is 5.91 Å². The van der Waals surface area contributed by atoms with Crippen LogP contribution < -0.4 is 9.47 Å². The fourth-order valence-corrected chi connectivity index (χ4v) is 2.93. The molecule has 0 radical (unpaired) electrons. The molecule has 3 rings (SSSR count). The second-order valence-corrected chi connectivity index (χ2v) is 5.67. The summed E-state index contributed by atoms with van der Waals surface area (Å²) < 4.78 is 16.0. The number of amides is 1. The van der Waals surface area contributed by atoms with Crippen LogP contribution in [0, 0.1) is 5.92 Å². The Morgan fingerprint density at radius 1 is 1.43 bits per heavy atom. The number of rotatable bonds is 4. The first kappa shape index (κ1) is 14.5. The van der Waals surface area contributed by atoms with Gasteiger partial charge in [-0.2, -0.15) is 0 Å². The number of hydrogen-bond acceptors (Lipinski definition) is 4. The van der Waals surface area contributed by atoms with Gasteiger partial charge in [-0.15, -0.1) is 0 Å². The molecule has 0 aromatic heterocycles. The molecule has 0 saturated carbocycles. The van der Waals surface area contributed by atoms with Crippen LogP contribution in [-0.4, -0.2) is 43.9 Å². The molecule has 21 heavy (non-hydrogen) atoms. The zero-order valence-corrected chi connectivity index (χ0v) is 12.7. The van der Waals surface area contributed by atoms with Crippen molar-refractivity contribution in [3.05, 3.63) is 22.7 Å². The van der Waals surface area contributed by atoms with Crippen LogP contribution in [0.2, 0.25) is 5.02 Å². The third kappa shape index (κ3) is 2.94. The van der Waals surface area contributed by atoms with Crippen LogP contribution in [0.15, 0.2) is 12.1 Å². The first-order valence-electron chi connectivity index (χ1n) is 7.15. The summed E-state index contributed by atoms with van der Waals surface area (Å²) in [7, 11) is 0. The number of benzene rings is 1. The summed E-state index contributed by atoms with van der Waals surface area (Å²) >= 11 is 6.14. The van der Waals surface area contributed by atoms with E-state index < -0.39 is 0 Å². The Hall–Kier alpha value is -1.46. The molecule has 0 bridgehead atoms. The van der Waals surface area contributed by atoms with Crippen LogP contribution in [0.25, 0.3) is 0 Å². The lowest BCUT2D eigenvalue weighted by Crippen LogP contribution is -2.35. The minimum absolute atomic E-state index is 0.0374. The van der Waals surface area contributed by atoms with E-state index in [1.54, 1.807) is 12.1 Å². The molecule has 2 aliphatic heterocycles. The number of nitrogens with zero attached hydrogens (tertiary/aromatic N) is 1. The first-order valence-corrected chi connectivity index (χ1v) is 7.53. The van der Waals surface area contributed by atoms with Gasteiger partial charge in [0.2, 0.25) is 6.79 Å². The van der Waals surface area contributed by atoms with Crippen LogP contribution in [0.3, 0.4) is 0 Å². The molecule has 1 amide bonds. The zero-order valence-electron chi connectivity index (χ0n) is 11.9. The van der Waals surface area contributed by atoms with E-state index in [2.05, 4.69) is 0 Å². The van der Waals surface area contributed by atoms with Gasteiger partial charge in [-0.05, 0) is 25.5 Å². The van der Waals surface area contributed by atoms with E-state index in [0.29, 0.717) is 41.1 Å². The smallest absolute Gasteiger partial charge is 0.254 e. The Balaban J connectivity index is 1.78. The van der Waals surface area contributed by atoms with E-state index in [1.807, 2.05) is 11.8 Å². The molecule has 1 aromatic rings. The Bertz CT molecular complexity index is 543. The van der Waals surface area contributed by atoms with Crippen LogP contribution in [0.1, 0.15) is 23.7 Å². The third-order valence-electron chi connectivity index (χ3n) is 3.85. The van der Waals surface area contributed by atoms with Crippen molar-refractivity contribution >= 4 is 17.5 Å². The van der Waals surface area contributed by atoms with Gasteiger partial charge < -0.3 is 19.1 Å². The summed E-state index contributed by atoms with van der Waals surface area (Å²) in [4.78, 5) is 14.5. The predicted molar refractivity (Wildman–Crippen MR) is 78.1 cm³/mol. The van der Waals surface area contributed by atoms with E-state index in [1.165, 1.54) is 0 Å². The Morgan fingerprint density at radius 3 is 3.00 bits per heavy atom. The molecule has 0 aliphatic carbocycles. The van der Waals surface area contributed by atoms with Crippen molar-refractivity contribution in [3.63, 3.8) is 0 Å². The molecule has 1 saturated heterocycles. The number of halogens is 1. The van der Waals surface area contributed by atoms with Gasteiger partial charge in [0.1, 0.15) is 0 Å². The summed E-state index contributed by atoms with van der Waals surface area (Å²) in [6, 6.07) is 3.34. The summed E-state index contributed by atoms with van der Waals surface area (Å²) in [6.07, 6.45) is 1.01. The minimum atomic E-state index is -0.0374. The second-order valence-electron chi connectivity index (χ2n) is 5.27. The fraction of sp³-hybridized carbons (Fsp3) is 0.533. The van der Waals surface area contributed by atoms with Gasteiger partial charge in [-0.25, -0.2) is 0 Å². The fourth-order valence-electron chi connectivity index (χ4n) is 2.67. The predicted octanol–water partition coefficient (Wildman–Crippen LogP) is 2.57. The van der Waals surface area contributed by atoms with E-state index in [0.717, 1.165) is 19.6 Å². The van der Waals surface area contributed by atoms with Gasteiger partial charge in [-0.1, -0.05) is 11.6 Å². The lowest BCUT2D eigenvalue weighted by atomic mass is 10.1. The Kier molecular flexibility index (Phi) is 4.22. The Morgan fingerprint density at radius 2 is 2.29 bits per heavy atom. The quantitative estimate of drug-likeness (QED) is 0.857. The van der Waals surface area contributed by atoms with Crippen molar-refractivity contribution in [1.29, 1.82) is 0 Å². The molecule has 6 heteroatoms. The number of ether oxygens (including phenoxy) is 3. The summed E-state index contributed by atoms with van der Waals surface area (Å²) in [6.45, 7) is 4.99. The number of fused-ring (bicyclic) bond motifs is 1. The molecular weight excluding hydrogens is 294 g/mol. The van der Waals surface area contributed by atoms with E-state index in [9.17, 15) is 4.79 Å². The van der Waals surface area contributed by atoms with Gasteiger partial charge in [0.05, 0.1) is 11.6 Å². The van der Waals surface area contributed by atoms with Crippen LogP contribution in [-0.2, 0) is 4.74 Å². The van der Waals surface area contributed by atoms with E-state index in [4.69, 9.17) is 25.8 Å². The lowest BCUT2D eigenvalue weighted by molar-refractivity contribution is 0.0730. The summed E-state index contributed by atoms with van der Waals surface area (Å²) in [5.74, 6) is 1.43. The van der Waals surface area contributed by atoms with Crippen molar-refractivity contribution in [3.8, 4) is 11.5 Å². The van der Waals surface area contributed by atoms with Crippen molar-refractivity contribution < 1.29 is 19.0 Å². The largest absolute Gasteiger partial charge is 0.454 e. The number of hydrogen-bond donors (Lipinski definition) is 0. The highest BCUT2D eigenvalue weighted by molar-refractivity contribution is 6.32. The summed E-state index contributed by atoms with van der Waals surface area (Å²) in [5.41, 5.74) is 0.532. The molecule has 2 aliphatic rings. The highest BCUT2D eigenvalue weighted by Gasteiger charge is 2.25. The SMILES string of the molecule is CCN(C[C@H]1CCOC1)C(=O)c1cc(Cl)c2c(c1)OCO2.